The molecule has 0 atom stereocenters. The number of fused-ring (bicyclic) bond motifs is 1. The molecule has 2 aromatic heterocycles. The average Bonchev–Trinajstić information content (AvgIpc) is 3.32. The molecule has 1 amide bonds. The lowest BCUT2D eigenvalue weighted by atomic mass is 10.0. The first-order valence-corrected chi connectivity index (χ1v) is 12.7. The van der Waals surface area contributed by atoms with Crippen LogP contribution in [0.2, 0.25) is 19.4 Å². The number of ether oxygens (including phenoxy) is 1. The molecule has 0 bridgehead atoms. The Morgan fingerprint density at radius 1 is 1.22 bits per heavy atom. The van der Waals surface area contributed by atoms with Crippen molar-refractivity contribution in [2.45, 2.75) is 30.2 Å². The molecule has 1 aliphatic heterocycles. The lowest BCUT2D eigenvalue weighted by Gasteiger charge is -2.19. The minimum atomic E-state index is -0.0779. The Balaban J connectivity index is 1.40. The van der Waals surface area contributed by atoms with Gasteiger partial charge in [0.25, 0.3) is 0 Å². The summed E-state index contributed by atoms with van der Waals surface area (Å²) in [5.74, 6) is -0.0779. The third-order valence-corrected chi connectivity index (χ3v) is 8.12. The van der Waals surface area contributed by atoms with Crippen molar-refractivity contribution in [2.75, 3.05) is 6.61 Å². The summed E-state index contributed by atoms with van der Waals surface area (Å²) >= 11 is 26.8. The van der Waals surface area contributed by atoms with Crippen LogP contribution in [-0.4, -0.2) is 22.3 Å². The fourth-order valence-electron chi connectivity index (χ4n) is 3.24. The number of aromatic nitrogens is 2. The number of hydrogen-bond acceptors (Lipinski definition) is 5. The second-order valence-electron chi connectivity index (χ2n) is 6.99. The third kappa shape index (κ3) is 5.83. The van der Waals surface area contributed by atoms with Crippen molar-refractivity contribution in [1.29, 1.82) is 0 Å². The molecule has 168 valence electrons. The average molecular weight is 549 g/mol. The van der Waals surface area contributed by atoms with E-state index >= 15 is 0 Å². The fourth-order valence-corrected chi connectivity index (χ4v) is 6.05. The summed E-state index contributed by atoms with van der Waals surface area (Å²) in [6, 6.07) is 7.17. The molecule has 1 aliphatic rings. The summed E-state index contributed by atoms with van der Waals surface area (Å²) in [7, 11) is 0. The summed E-state index contributed by atoms with van der Waals surface area (Å²) in [5, 5.41) is 6.21. The zero-order valence-corrected chi connectivity index (χ0v) is 21.2. The van der Waals surface area contributed by atoms with Crippen LogP contribution in [0.1, 0.15) is 29.7 Å². The monoisotopic (exact) mass is 547 g/mol. The Morgan fingerprint density at radius 2 is 2.06 bits per heavy atom. The summed E-state index contributed by atoms with van der Waals surface area (Å²) in [6.07, 6.45) is 4.76. The van der Waals surface area contributed by atoms with Gasteiger partial charge >= 0.3 is 0 Å². The van der Waals surface area contributed by atoms with E-state index in [2.05, 4.69) is 9.82 Å². The third-order valence-electron chi connectivity index (χ3n) is 4.72. The van der Waals surface area contributed by atoms with E-state index in [9.17, 15) is 4.79 Å². The number of allylic oxidation sites excluding steroid dienone is 1. The van der Waals surface area contributed by atoms with Gasteiger partial charge in [-0.15, -0.1) is 11.3 Å². The molecule has 3 heterocycles. The van der Waals surface area contributed by atoms with Crippen LogP contribution >= 0.6 is 69.7 Å². The lowest BCUT2D eigenvalue weighted by Crippen LogP contribution is -2.16. The molecule has 0 saturated heterocycles. The van der Waals surface area contributed by atoms with Crippen molar-refractivity contribution >= 4 is 81.2 Å². The van der Waals surface area contributed by atoms with Crippen LogP contribution in [0.5, 0.6) is 0 Å². The SMILES string of the molecule is O=C(CC/C=C1\COCc2cnn(Cc3ccc(Cl)cc3Cl)c21)NSc1cc(Cl)c(Cl)s1. The van der Waals surface area contributed by atoms with E-state index in [-0.39, 0.29) is 5.91 Å². The molecule has 1 aromatic carbocycles. The largest absolute Gasteiger partial charge is 0.372 e. The summed E-state index contributed by atoms with van der Waals surface area (Å²) in [4.78, 5) is 12.2. The van der Waals surface area contributed by atoms with Gasteiger partial charge in [-0.1, -0.05) is 58.5 Å². The maximum Gasteiger partial charge on any atom is 0.230 e. The molecule has 0 spiro atoms. The normalized spacial score (nSPS) is 14.6. The molecule has 0 radical (unpaired) electrons. The number of hydrogen-bond donors (Lipinski definition) is 1. The molecule has 5 nitrogen and oxygen atoms in total. The topological polar surface area (TPSA) is 56.1 Å². The molecule has 0 fully saturated rings. The molecule has 1 N–H and O–H groups in total. The Morgan fingerprint density at radius 3 is 2.81 bits per heavy atom. The van der Waals surface area contributed by atoms with E-state index in [4.69, 9.17) is 51.1 Å². The zero-order valence-electron chi connectivity index (χ0n) is 16.5. The van der Waals surface area contributed by atoms with E-state index in [1.54, 1.807) is 12.1 Å². The quantitative estimate of drug-likeness (QED) is 0.319. The number of benzene rings is 1. The van der Waals surface area contributed by atoms with Crippen LogP contribution in [-0.2, 0) is 22.7 Å². The fraction of sp³-hybridized carbons (Fsp3) is 0.238. The van der Waals surface area contributed by atoms with E-state index in [1.165, 1.54) is 23.3 Å². The van der Waals surface area contributed by atoms with Crippen LogP contribution < -0.4 is 4.72 Å². The van der Waals surface area contributed by atoms with Gasteiger partial charge in [-0.25, -0.2) is 0 Å². The van der Waals surface area contributed by atoms with Crippen LogP contribution in [0.4, 0.5) is 0 Å². The number of thiophene rings is 1. The van der Waals surface area contributed by atoms with Crippen molar-refractivity contribution in [2.24, 2.45) is 0 Å². The molecular formula is C21H17Cl4N3O2S2. The summed E-state index contributed by atoms with van der Waals surface area (Å²) in [5.41, 5.74) is 3.96. The lowest BCUT2D eigenvalue weighted by molar-refractivity contribution is -0.119. The van der Waals surface area contributed by atoms with Crippen LogP contribution in [0.3, 0.4) is 0 Å². The van der Waals surface area contributed by atoms with Gasteiger partial charge < -0.3 is 4.74 Å². The van der Waals surface area contributed by atoms with Gasteiger partial charge in [0.1, 0.15) is 4.34 Å². The Kier molecular flexibility index (Phi) is 8.10. The smallest absolute Gasteiger partial charge is 0.230 e. The predicted molar refractivity (Wildman–Crippen MR) is 133 cm³/mol. The molecule has 4 rings (SSSR count). The van der Waals surface area contributed by atoms with E-state index < -0.39 is 0 Å². The minimum Gasteiger partial charge on any atom is -0.372 e. The van der Waals surface area contributed by atoms with Gasteiger partial charge in [0.05, 0.1) is 40.9 Å². The van der Waals surface area contributed by atoms with E-state index in [0.717, 1.165) is 26.6 Å². The second-order valence-corrected chi connectivity index (χ2v) is 11.0. The highest BCUT2D eigenvalue weighted by Crippen LogP contribution is 2.36. The molecular weight excluding hydrogens is 532 g/mol. The van der Waals surface area contributed by atoms with Crippen molar-refractivity contribution in [3.63, 3.8) is 0 Å². The minimum absolute atomic E-state index is 0.0779. The molecule has 11 heteroatoms. The highest BCUT2D eigenvalue weighted by atomic mass is 35.5. The van der Waals surface area contributed by atoms with Gasteiger partial charge in [0, 0.05) is 22.0 Å². The van der Waals surface area contributed by atoms with Crippen molar-refractivity contribution in [3.8, 4) is 0 Å². The summed E-state index contributed by atoms with van der Waals surface area (Å²) < 4.78 is 11.8. The van der Waals surface area contributed by atoms with Crippen molar-refractivity contribution < 1.29 is 9.53 Å². The van der Waals surface area contributed by atoms with Gasteiger partial charge in [-0.3, -0.25) is 14.2 Å². The van der Waals surface area contributed by atoms with Crippen LogP contribution in [0.25, 0.3) is 5.57 Å². The number of amides is 1. The Hall–Kier alpha value is -1.19. The first-order valence-electron chi connectivity index (χ1n) is 9.57. The van der Waals surface area contributed by atoms with E-state index in [0.29, 0.717) is 52.0 Å². The first-order chi connectivity index (χ1) is 15.4. The van der Waals surface area contributed by atoms with Crippen LogP contribution in [0, 0.1) is 0 Å². The molecule has 32 heavy (non-hydrogen) atoms. The number of nitrogens with one attached hydrogen (secondary N) is 1. The summed E-state index contributed by atoms with van der Waals surface area (Å²) in [6.45, 7) is 1.49. The van der Waals surface area contributed by atoms with Gasteiger partial charge in [-0.05, 0) is 47.7 Å². The highest BCUT2D eigenvalue weighted by molar-refractivity contribution is 7.99. The van der Waals surface area contributed by atoms with Gasteiger partial charge in [-0.2, -0.15) is 5.10 Å². The molecule has 0 aliphatic carbocycles. The molecule has 0 unspecified atom stereocenters. The van der Waals surface area contributed by atoms with Crippen molar-refractivity contribution in [3.05, 3.63) is 72.8 Å². The number of carbonyl (C=O) groups is 1. The number of halogens is 4. The maximum absolute atomic E-state index is 12.2. The molecule has 3 aromatic rings. The highest BCUT2D eigenvalue weighted by Gasteiger charge is 2.21. The van der Waals surface area contributed by atoms with Gasteiger partial charge in [0.15, 0.2) is 0 Å². The standard InChI is InChI=1S/C21H17Cl4N3O2S2/c22-15-5-4-12(16(23)6-15)9-28-20-13(10-30-11-14(20)8-26-28)2-1-3-18(29)27-32-19-7-17(24)21(25)31-19/h2,4-8H,1,3,9-11H2,(H,27,29)/b13-2+. The van der Waals surface area contributed by atoms with Crippen molar-refractivity contribution in [1.82, 2.24) is 14.5 Å². The number of rotatable bonds is 7. The Bertz CT molecular complexity index is 1160. The second kappa shape index (κ2) is 10.8. The zero-order chi connectivity index (χ0) is 22.7. The van der Waals surface area contributed by atoms with Crippen LogP contribution in [0.15, 0.2) is 40.7 Å². The van der Waals surface area contributed by atoms with Gasteiger partial charge in [0.2, 0.25) is 5.91 Å². The number of nitrogens with zero attached hydrogens (tertiary/aromatic N) is 2. The first kappa shape index (κ1) is 24.0. The maximum atomic E-state index is 12.2. The molecule has 0 saturated carbocycles. The predicted octanol–water partition coefficient (Wildman–Crippen LogP) is 7.12. The van der Waals surface area contributed by atoms with E-state index in [1.807, 2.05) is 29.1 Å². The number of carbonyl (C=O) groups excluding carboxylic acids is 1. The Labute approximate surface area is 213 Å².